The van der Waals surface area contributed by atoms with Crippen LogP contribution in [0.4, 0.5) is 0 Å². The summed E-state index contributed by atoms with van der Waals surface area (Å²) in [6, 6.07) is 0.592. The summed E-state index contributed by atoms with van der Waals surface area (Å²) in [5.74, 6) is 0.791. The molecule has 18 heavy (non-hydrogen) atoms. The molecule has 102 valence electrons. The zero-order valence-corrected chi connectivity index (χ0v) is 12.9. The lowest BCUT2D eigenvalue weighted by atomic mass is 9.76. The Morgan fingerprint density at radius 2 is 2.33 bits per heavy atom. The number of thiazole rings is 1. The van der Waals surface area contributed by atoms with E-state index in [1.165, 1.54) is 30.0 Å². The summed E-state index contributed by atoms with van der Waals surface area (Å²) >= 11 is 1.77. The van der Waals surface area contributed by atoms with Crippen molar-refractivity contribution in [3.05, 3.63) is 16.1 Å². The topological polar surface area (TPSA) is 24.9 Å². The van der Waals surface area contributed by atoms with E-state index in [1.54, 1.807) is 11.3 Å². The number of rotatable bonds is 5. The van der Waals surface area contributed by atoms with Gasteiger partial charge in [0.05, 0.1) is 10.7 Å². The van der Waals surface area contributed by atoms with Gasteiger partial charge in [0.2, 0.25) is 0 Å². The molecule has 2 unspecified atom stereocenters. The van der Waals surface area contributed by atoms with Crippen molar-refractivity contribution in [1.82, 2.24) is 10.3 Å². The van der Waals surface area contributed by atoms with E-state index in [4.69, 9.17) is 0 Å². The number of hydrogen-bond donors (Lipinski definition) is 1. The van der Waals surface area contributed by atoms with Gasteiger partial charge in [0.15, 0.2) is 0 Å². The average Bonchev–Trinajstić information content (AvgIpc) is 2.84. The Bertz CT molecular complexity index is 384. The smallest absolute Gasteiger partial charge is 0.0897 e. The molecule has 1 N–H and O–H groups in total. The number of nitrogens with zero attached hydrogens (tertiary/aromatic N) is 1. The zero-order valence-electron chi connectivity index (χ0n) is 12.1. The van der Waals surface area contributed by atoms with E-state index in [0.29, 0.717) is 11.5 Å². The van der Waals surface area contributed by atoms with Crippen molar-refractivity contribution in [1.29, 1.82) is 0 Å². The highest BCUT2D eigenvalue weighted by Gasteiger charge is 2.39. The van der Waals surface area contributed by atoms with E-state index in [2.05, 4.69) is 43.4 Å². The van der Waals surface area contributed by atoms with Crippen molar-refractivity contribution in [2.45, 2.75) is 59.4 Å². The third-order valence-electron chi connectivity index (χ3n) is 4.39. The Morgan fingerprint density at radius 3 is 2.83 bits per heavy atom. The molecule has 0 amide bonds. The molecule has 0 aromatic carbocycles. The predicted molar refractivity (Wildman–Crippen MR) is 79.1 cm³/mol. The van der Waals surface area contributed by atoms with Gasteiger partial charge < -0.3 is 5.32 Å². The van der Waals surface area contributed by atoms with Crippen molar-refractivity contribution in [3.63, 3.8) is 0 Å². The van der Waals surface area contributed by atoms with Crippen molar-refractivity contribution in [2.24, 2.45) is 11.3 Å². The first-order chi connectivity index (χ1) is 8.53. The monoisotopic (exact) mass is 266 g/mol. The number of likely N-dealkylation sites (N-methyl/N-ethyl adjacent to an activating group) is 1. The maximum atomic E-state index is 4.63. The van der Waals surface area contributed by atoms with Crippen LogP contribution in [0.15, 0.2) is 5.38 Å². The molecule has 1 aromatic rings. The molecule has 2 atom stereocenters. The van der Waals surface area contributed by atoms with Crippen LogP contribution >= 0.6 is 11.3 Å². The minimum Gasteiger partial charge on any atom is -0.314 e. The van der Waals surface area contributed by atoms with Gasteiger partial charge in [-0.2, -0.15) is 0 Å². The third kappa shape index (κ3) is 3.12. The summed E-state index contributed by atoms with van der Waals surface area (Å²) in [5.41, 5.74) is 1.75. The fourth-order valence-corrected chi connectivity index (χ4v) is 4.07. The molecule has 0 bridgehead atoms. The first-order valence-corrected chi connectivity index (χ1v) is 8.05. The molecule has 1 saturated carbocycles. The minimum absolute atomic E-state index is 0.484. The van der Waals surface area contributed by atoms with E-state index in [0.717, 1.165) is 18.9 Å². The highest BCUT2D eigenvalue weighted by molar-refractivity contribution is 7.09. The van der Waals surface area contributed by atoms with Gasteiger partial charge in [-0.25, -0.2) is 4.98 Å². The zero-order chi connectivity index (χ0) is 13.2. The molecule has 0 radical (unpaired) electrons. The quantitative estimate of drug-likeness (QED) is 0.877. The summed E-state index contributed by atoms with van der Waals surface area (Å²) in [7, 11) is 0. The van der Waals surface area contributed by atoms with Crippen molar-refractivity contribution < 1.29 is 0 Å². The summed E-state index contributed by atoms with van der Waals surface area (Å²) in [5, 5.41) is 7.11. The molecule has 0 saturated heterocycles. The van der Waals surface area contributed by atoms with Gasteiger partial charge in [-0.1, -0.05) is 27.2 Å². The Balaban J connectivity index is 2.08. The predicted octanol–water partition coefficient (Wildman–Crippen LogP) is 3.80. The molecule has 1 heterocycles. The molecule has 0 aliphatic heterocycles. The fourth-order valence-electron chi connectivity index (χ4n) is 3.45. The number of aryl methyl sites for hydroxylation is 1. The molecule has 1 aromatic heterocycles. The maximum Gasteiger partial charge on any atom is 0.0897 e. The third-order valence-corrected chi connectivity index (χ3v) is 5.21. The van der Waals surface area contributed by atoms with Crippen molar-refractivity contribution >= 4 is 11.3 Å². The SMILES string of the molecule is CCNC(Cc1csc(C)n1)C1CCCC1(C)C. The Kier molecular flexibility index (Phi) is 4.44. The van der Waals surface area contributed by atoms with E-state index in [1.807, 2.05) is 0 Å². The second kappa shape index (κ2) is 5.70. The second-order valence-corrected chi connectivity index (χ2v) is 7.28. The van der Waals surface area contributed by atoms with E-state index in [9.17, 15) is 0 Å². The van der Waals surface area contributed by atoms with E-state index >= 15 is 0 Å². The van der Waals surface area contributed by atoms with Crippen LogP contribution in [0.2, 0.25) is 0 Å². The average molecular weight is 266 g/mol. The van der Waals surface area contributed by atoms with Crippen LogP contribution in [0.5, 0.6) is 0 Å². The standard InChI is InChI=1S/C15H26N2S/c1-5-16-14(9-12-10-18-11(2)17-12)13-7-6-8-15(13,3)4/h10,13-14,16H,5-9H2,1-4H3. The lowest BCUT2D eigenvalue weighted by molar-refractivity contribution is 0.196. The van der Waals surface area contributed by atoms with Gasteiger partial charge in [0.1, 0.15) is 0 Å². The van der Waals surface area contributed by atoms with Gasteiger partial charge in [-0.15, -0.1) is 11.3 Å². The van der Waals surface area contributed by atoms with Gasteiger partial charge >= 0.3 is 0 Å². The number of aromatic nitrogens is 1. The van der Waals surface area contributed by atoms with Gasteiger partial charge in [0.25, 0.3) is 0 Å². The molecular weight excluding hydrogens is 240 g/mol. The normalized spacial score (nSPS) is 24.3. The molecule has 2 nitrogen and oxygen atoms in total. The number of hydrogen-bond acceptors (Lipinski definition) is 3. The van der Waals surface area contributed by atoms with Crippen molar-refractivity contribution in [3.8, 4) is 0 Å². The van der Waals surface area contributed by atoms with Crippen LogP contribution in [-0.4, -0.2) is 17.6 Å². The lowest BCUT2D eigenvalue weighted by Crippen LogP contribution is -2.42. The largest absolute Gasteiger partial charge is 0.314 e. The van der Waals surface area contributed by atoms with E-state index < -0.39 is 0 Å². The summed E-state index contributed by atoms with van der Waals surface area (Å²) in [4.78, 5) is 4.63. The van der Waals surface area contributed by atoms with Crippen LogP contribution in [0.25, 0.3) is 0 Å². The summed E-state index contributed by atoms with van der Waals surface area (Å²) in [6.45, 7) is 10.2. The number of nitrogens with one attached hydrogen (secondary N) is 1. The Hall–Kier alpha value is -0.410. The van der Waals surface area contributed by atoms with Gasteiger partial charge in [-0.3, -0.25) is 0 Å². The summed E-state index contributed by atoms with van der Waals surface area (Å²) in [6.07, 6.45) is 5.21. The fraction of sp³-hybridized carbons (Fsp3) is 0.800. The molecular formula is C15H26N2S. The molecule has 1 aliphatic rings. The van der Waals surface area contributed by atoms with E-state index in [-0.39, 0.29) is 0 Å². The van der Waals surface area contributed by atoms with Gasteiger partial charge in [-0.05, 0) is 37.6 Å². The van der Waals surface area contributed by atoms with Crippen LogP contribution in [0.3, 0.4) is 0 Å². The molecule has 3 heteroatoms. The molecule has 1 aliphatic carbocycles. The van der Waals surface area contributed by atoms with Gasteiger partial charge in [0, 0.05) is 17.8 Å². The highest BCUT2D eigenvalue weighted by Crippen LogP contribution is 2.44. The van der Waals surface area contributed by atoms with Crippen LogP contribution in [0, 0.1) is 18.3 Å². The summed E-state index contributed by atoms with van der Waals surface area (Å²) < 4.78 is 0. The molecule has 2 rings (SSSR count). The Morgan fingerprint density at radius 1 is 1.56 bits per heavy atom. The minimum atomic E-state index is 0.484. The Labute approximate surface area is 115 Å². The van der Waals surface area contributed by atoms with Crippen LogP contribution in [-0.2, 0) is 6.42 Å². The second-order valence-electron chi connectivity index (χ2n) is 6.21. The molecule has 1 fully saturated rings. The first kappa shape index (κ1) is 14.0. The first-order valence-electron chi connectivity index (χ1n) is 7.17. The maximum absolute atomic E-state index is 4.63. The molecule has 0 spiro atoms. The van der Waals surface area contributed by atoms with Crippen LogP contribution < -0.4 is 5.32 Å². The highest BCUT2D eigenvalue weighted by atomic mass is 32.1. The lowest BCUT2D eigenvalue weighted by Gasteiger charge is -2.34. The van der Waals surface area contributed by atoms with Crippen LogP contribution in [0.1, 0.15) is 50.7 Å². The van der Waals surface area contributed by atoms with Crippen molar-refractivity contribution in [2.75, 3.05) is 6.54 Å².